The van der Waals surface area contributed by atoms with Crippen LogP contribution in [0.3, 0.4) is 0 Å². The number of nitrogens with one attached hydrogen (secondary N) is 1. The molecule has 1 aromatic carbocycles. The molecule has 5 rings (SSSR count). The van der Waals surface area contributed by atoms with Crippen molar-refractivity contribution in [1.29, 1.82) is 0 Å². The van der Waals surface area contributed by atoms with Crippen LogP contribution in [0.25, 0.3) is 10.9 Å². The van der Waals surface area contributed by atoms with E-state index in [1.807, 2.05) is 0 Å². The van der Waals surface area contributed by atoms with Crippen LogP contribution < -0.4 is 10.1 Å². The predicted molar refractivity (Wildman–Crippen MR) is 124 cm³/mol. The van der Waals surface area contributed by atoms with Gasteiger partial charge < -0.3 is 19.9 Å². The minimum atomic E-state index is -2.33. The number of benzene rings is 1. The van der Waals surface area contributed by atoms with E-state index < -0.39 is 27.8 Å². The third kappa shape index (κ3) is 4.90. The zero-order chi connectivity index (χ0) is 22.1. The second-order valence-electron chi connectivity index (χ2n) is 7.77. The summed E-state index contributed by atoms with van der Waals surface area (Å²) in [5.41, 5.74) is 1.11. The number of aromatic nitrogens is 3. The molecule has 0 bridgehead atoms. The van der Waals surface area contributed by atoms with Crippen molar-refractivity contribution >= 4 is 37.8 Å². The lowest BCUT2D eigenvalue weighted by Crippen LogP contribution is -2.30. The SMILES string of the molecule is C.O=S1(=Nc2cc(F)c3c(Nc4cccnc4O[C@H]4COC[C@H]4O)ncnc3c2)CCCC1. The predicted octanol–water partition coefficient (Wildman–Crippen LogP) is 3.58. The van der Waals surface area contributed by atoms with E-state index in [0.717, 1.165) is 12.8 Å². The zero-order valence-electron chi connectivity index (χ0n) is 17.1. The number of hydrogen-bond acceptors (Lipinski definition) is 9. The molecule has 2 aliphatic heterocycles. The van der Waals surface area contributed by atoms with Gasteiger partial charge in [0.15, 0.2) is 6.10 Å². The van der Waals surface area contributed by atoms with Crippen LogP contribution in [-0.2, 0) is 14.5 Å². The topological polar surface area (TPSA) is 119 Å². The van der Waals surface area contributed by atoms with E-state index in [2.05, 4.69) is 24.6 Å². The molecule has 9 nitrogen and oxygen atoms in total. The molecule has 33 heavy (non-hydrogen) atoms. The van der Waals surface area contributed by atoms with Crippen LogP contribution in [0.1, 0.15) is 20.3 Å². The minimum Gasteiger partial charge on any atom is -0.468 e. The van der Waals surface area contributed by atoms with Crippen molar-refractivity contribution in [3.8, 4) is 5.88 Å². The van der Waals surface area contributed by atoms with E-state index in [-0.39, 0.29) is 37.7 Å². The lowest BCUT2D eigenvalue weighted by atomic mass is 10.2. The van der Waals surface area contributed by atoms with Crippen LogP contribution in [-0.4, -0.2) is 61.2 Å². The maximum atomic E-state index is 15.1. The molecule has 0 amide bonds. The van der Waals surface area contributed by atoms with Gasteiger partial charge in [-0.1, -0.05) is 7.43 Å². The molecule has 3 aromatic rings. The largest absolute Gasteiger partial charge is 0.468 e. The summed E-state index contributed by atoms with van der Waals surface area (Å²) in [5.74, 6) is 0.960. The van der Waals surface area contributed by atoms with Crippen LogP contribution in [0.15, 0.2) is 41.2 Å². The fourth-order valence-corrected chi connectivity index (χ4v) is 5.99. The number of aliphatic hydroxyl groups is 1. The van der Waals surface area contributed by atoms with Crippen molar-refractivity contribution in [3.05, 3.63) is 42.6 Å². The molecule has 2 aromatic heterocycles. The first kappa shape index (κ1) is 23.3. The van der Waals surface area contributed by atoms with Gasteiger partial charge in [-0.2, -0.15) is 4.36 Å². The summed E-state index contributed by atoms with van der Waals surface area (Å²) in [7, 11) is -2.33. The Bertz CT molecular complexity index is 1270. The van der Waals surface area contributed by atoms with Crippen LogP contribution >= 0.6 is 0 Å². The first-order valence-corrected chi connectivity index (χ1v) is 12.2. The summed E-state index contributed by atoms with van der Waals surface area (Å²) in [6.07, 6.45) is 3.30. The number of rotatable bonds is 5. The van der Waals surface area contributed by atoms with Crippen LogP contribution in [0.2, 0.25) is 0 Å². The first-order valence-electron chi connectivity index (χ1n) is 10.3. The molecule has 0 saturated carbocycles. The monoisotopic (exact) mass is 475 g/mol. The maximum absolute atomic E-state index is 15.1. The number of pyridine rings is 1. The fraction of sp³-hybridized carbons (Fsp3) is 0.409. The van der Waals surface area contributed by atoms with Gasteiger partial charge in [-0.05, 0) is 31.0 Å². The Morgan fingerprint density at radius 1 is 1.21 bits per heavy atom. The van der Waals surface area contributed by atoms with Crippen molar-refractivity contribution in [3.63, 3.8) is 0 Å². The first-order chi connectivity index (χ1) is 15.5. The van der Waals surface area contributed by atoms with Crippen LogP contribution in [0.4, 0.5) is 21.6 Å². The normalized spacial score (nSPS) is 21.5. The van der Waals surface area contributed by atoms with Crippen molar-refractivity contribution in [1.82, 2.24) is 15.0 Å². The highest BCUT2D eigenvalue weighted by Gasteiger charge is 2.29. The third-order valence-electron chi connectivity index (χ3n) is 5.41. The van der Waals surface area contributed by atoms with Crippen molar-refractivity contribution in [2.24, 2.45) is 4.36 Å². The highest BCUT2D eigenvalue weighted by Crippen LogP contribution is 2.33. The summed E-state index contributed by atoms with van der Waals surface area (Å²) >= 11 is 0. The number of fused-ring (bicyclic) bond motifs is 1. The highest BCUT2D eigenvalue weighted by atomic mass is 32.2. The Kier molecular flexibility index (Phi) is 6.73. The summed E-state index contributed by atoms with van der Waals surface area (Å²) < 4.78 is 43.2. The molecule has 2 fully saturated rings. The number of hydrogen-bond donors (Lipinski definition) is 2. The van der Waals surface area contributed by atoms with E-state index in [1.54, 1.807) is 24.4 Å². The van der Waals surface area contributed by atoms with E-state index in [1.165, 1.54) is 12.4 Å². The molecule has 4 heterocycles. The second-order valence-corrected chi connectivity index (χ2v) is 10.3. The summed E-state index contributed by atoms with van der Waals surface area (Å²) in [6, 6.07) is 6.29. The average Bonchev–Trinajstić information content (AvgIpc) is 3.37. The Hall–Kier alpha value is -2.89. The Balaban J connectivity index is 0.00000259. The molecule has 0 unspecified atom stereocenters. The number of anilines is 2. The van der Waals surface area contributed by atoms with Gasteiger partial charge in [-0.25, -0.2) is 23.6 Å². The zero-order valence-corrected chi connectivity index (χ0v) is 17.9. The van der Waals surface area contributed by atoms with Gasteiger partial charge in [0.2, 0.25) is 5.88 Å². The molecule has 0 spiro atoms. The molecule has 2 aliphatic rings. The van der Waals surface area contributed by atoms with E-state index in [4.69, 9.17) is 9.47 Å². The van der Waals surface area contributed by atoms with Crippen molar-refractivity contribution in [2.75, 3.05) is 30.0 Å². The third-order valence-corrected chi connectivity index (χ3v) is 7.81. The standard InChI is InChI=1S/C21H22FN5O4S.CH4/c22-14-8-13(27-32(29)6-1-2-7-32)9-16-19(14)20(25-12-24-16)26-15-4-3-5-23-21(15)31-18-11-30-10-17(18)28;/h3-5,8-9,12,17-18,28H,1-2,6-7,10-11H2,(H,24,25,26);1H4/t17-,18+;/m1./s1. The van der Waals surface area contributed by atoms with Crippen molar-refractivity contribution in [2.45, 2.75) is 32.5 Å². The van der Waals surface area contributed by atoms with Crippen LogP contribution in [0, 0.1) is 5.82 Å². The summed E-state index contributed by atoms with van der Waals surface area (Å²) in [6.45, 7) is 0.444. The lowest BCUT2D eigenvalue weighted by Gasteiger charge is -2.17. The smallest absolute Gasteiger partial charge is 0.238 e. The molecular formula is C22H26FN5O4S. The van der Waals surface area contributed by atoms with Gasteiger partial charge in [0, 0.05) is 23.8 Å². The number of ether oxygens (including phenoxy) is 2. The molecule has 11 heteroatoms. The van der Waals surface area contributed by atoms with Gasteiger partial charge in [-0.15, -0.1) is 0 Å². The van der Waals surface area contributed by atoms with E-state index in [0.29, 0.717) is 28.4 Å². The van der Waals surface area contributed by atoms with Gasteiger partial charge in [0.05, 0.1) is 39.5 Å². The summed E-state index contributed by atoms with van der Waals surface area (Å²) in [5, 5.41) is 13.2. The minimum absolute atomic E-state index is 0. The quantitative estimate of drug-likeness (QED) is 0.575. The molecule has 2 N–H and O–H groups in total. The molecule has 0 radical (unpaired) electrons. The Morgan fingerprint density at radius 3 is 2.79 bits per heavy atom. The molecule has 176 valence electrons. The molecule has 2 atom stereocenters. The number of nitrogens with zero attached hydrogens (tertiary/aromatic N) is 4. The van der Waals surface area contributed by atoms with Gasteiger partial charge >= 0.3 is 0 Å². The maximum Gasteiger partial charge on any atom is 0.238 e. The van der Waals surface area contributed by atoms with Crippen LogP contribution in [0.5, 0.6) is 5.88 Å². The summed E-state index contributed by atoms with van der Waals surface area (Å²) in [4.78, 5) is 12.6. The Morgan fingerprint density at radius 2 is 2.03 bits per heavy atom. The molecule has 0 aliphatic carbocycles. The van der Waals surface area contributed by atoms with Gasteiger partial charge in [0.25, 0.3) is 0 Å². The lowest BCUT2D eigenvalue weighted by molar-refractivity contribution is 0.0709. The second kappa shape index (κ2) is 9.54. The molecular weight excluding hydrogens is 449 g/mol. The van der Waals surface area contributed by atoms with Gasteiger partial charge in [-0.3, -0.25) is 0 Å². The highest BCUT2D eigenvalue weighted by molar-refractivity contribution is 7.93. The van der Waals surface area contributed by atoms with Gasteiger partial charge in [0.1, 0.15) is 29.8 Å². The molecule has 2 saturated heterocycles. The number of halogens is 1. The number of aliphatic hydroxyl groups excluding tert-OH is 1. The average molecular weight is 476 g/mol. The van der Waals surface area contributed by atoms with Crippen molar-refractivity contribution < 1.29 is 23.2 Å². The van der Waals surface area contributed by atoms with E-state index in [9.17, 15) is 9.32 Å². The Labute approximate surface area is 191 Å². The fourth-order valence-electron chi connectivity index (χ4n) is 3.80. The van der Waals surface area contributed by atoms with E-state index >= 15 is 4.39 Å².